The van der Waals surface area contributed by atoms with Gasteiger partial charge in [-0.3, -0.25) is 4.79 Å². The first-order valence-electron chi connectivity index (χ1n) is 5.28. The van der Waals surface area contributed by atoms with Gasteiger partial charge in [-0.2, -0.15) is 0 Å². The average Bonchev–Trinajstić information content (AvgIpc) is 2.20. The van der Waals surface area contributed by atoms with Gasteiger partial charge in [0.05, 0.1) is 6.04 Å². The molecule has 0 saturated heterocycles. The summed E-state index contributed by atoms with van der Waals surface area (Å²) < 4.78 is 0. The lowest BCUT2D eigenvalue weighted by molar-refractivity contribution is -0.121. The van der Waals surface area contributed by atoms with Crippen LogP contribution in [0.15, 0.2) is 24.3 Å². The number of primary amides is 1. The SMILES string of the molecule is CC(C)C(NCc1ccc(Cl)cc1)C(N)=O. The van der Waals surface area contributed by atoms with Gasteiger partial charge in [-0.25, -0.2) is 0 Å². The van der Waals surface area contributed by atoms with Gasteiger partial charge in [0.1, 0.15) is 0 Å². The molecule has 0 aliphatic carbocycles. The van der Waals surface area contributed by atoms with E-state index in [2.05, 4.69) is 5.32 Å². The molecule has 0 saturated carbocycles. The fourth-order valence-corrected chi connectivity index (χ4v) is 1.62. The van der Waals surface area contributed by atoms with Gasteiger partial charge in [0, 0.05) is 11.6 Å². The lowest BCUT2D eigenvalue weighted by Crippen LogP contribution is -2.44. The van der Waals surface area contributed by atoms with Crippen molar-refractivity contribution >= 4 is 17.5 Å². The molecule has 1 atom stereocenters. The summed E-state index contributed by atoms with van der Waals surface area (Å²) in [4.78, 5) is 11.2. The first-order chi connectivity index (χ1) is 7.50. The highest BCUT2D eigenvalue weighted by atomic mass is 35.5. The van der Waals surface area contributed by atoms with Gasteiger partial charge >= 0.3 is 0 Å². The molecule has 4 heteroatoms. The monoisotopic (exact) mass is 240 g/mol. The van der Waals surface area contributed by atoms with Crippen LogP contribution in [-0.4, -0.2) is 11.9 Å². The van der Waals surface area contributed by atoms with Crippen LogP contribution in [0.1, 0.15) is 19.4 Å². The Morgan fingerprint density at radius 1 is 1.38 bits per heavy atom. The number of nitrogens with two attached hydrogens (primary N) is 1. The average molecular weight is 241 g/mol. The smallest absolute Gasteiger partial charge is 0.234 e. The summed E-state index contributed by atoms with van der Waals surface area (Å²) in [6.07, 6.45) is 0. The van der Waals surface area contributed by atoms with Crippen LogP contribution in [0, 0.1) is 5.92 Å². The second kappa shape index (κ2) is 5.87. The zero-order valence-electron chi connectivity index (χ0n) is 9.53. The van der Waals surface area contributed by atoms with E-state index in [9.17, 15) is 4.79 Å². The van der Waals surface area contributed by atoms with Gasteiger partial charge in [0.2, 0.25) is 5.91 Å². The predicted molar refractivity (Wildman–Crippen MR) is 66.1 cm³/mol. The van der Waals surface area contributed by atoms with E-state index >= 15 is 0 Å². The number of rotatable bonds is 5. The number of hydrogen-bond acceptors (Lipinski definition) is 2. The van der Waals surface area contributed by atoms with Crippen molar-refractivity contribution in [2.75, 3.05) is 0 Å². The Morgan fingerprint density at radius 3 is 2.38 bits per heavy atom. The molecule has 0 radical (unpaired) electrons. The lowest BCUT2D eigenvalue weighted by Gasteiger charge is -2.18. The minimum absolute atomic E-state index is 0.185. The van der Waals surface area contributed by atoms with E-state index in [1.165, 1.54) is 0 Å². The van der Waals surface area contributed by atoms with Gasteiger partial charge < -0.3 is 11.1 Å². The Bertz CT molecular complexity index is 349. The van der Waals surface area contributed by atoms with Crippen molar-refractivity contribution in [1.82, 2.24) is 5.32 Å². The number of carbonyl (C=O) groups excluding carboxylic acids is 1. The molecule has 0 aliphatic heterocycles. The predicted octanol–water partition coefficient (Wildman–Crippen LogP) is 1.94. The molecule has 1 amide bonds. The normalized spacial score (nSPS) is 12.8. The van der Waals surface area contributed by atoms with Gasteiger partial charge in [-0.1, -0.05) is 37.6 Å². The number of amides is 1. The van der Waals surface area contributed by atoms with Crippen LogP contribution < -0.4 is 11.1 Å². The molecule has 0 spiro atoms. The van der Waals surface area contributed by atoms with Gasteiger partial charge in [-0.05, 0) is 23.6 Å². The fourth-order valence-electron chi connectivity index (χ4n) is 1.49. The van der Waals surface area contributed by atoms with Crippen LogP contribution in [0.2, 0.25) is 5.02 Å². The highest BCUT2D eigenvalue weighted by molar-refractivity contribution is 6.30. The number of halogens is 1. The number of benzene rings is 1. The van der Waals surface area contributed by atoms with E-state index in [0.717, 1.165) is 5.56 Å². The lowest BCUT2D eigenvalue weighted by atomic mass is 10.0. The molecule has 1 aromatic rings. The van der Waals surface area contributed by atoms with Crippen LogP contribution in [-0.2, 0) is 11.3 Å². The Balaban J connectivity index is 2.55. The first kappa shape index (κ1) is 13.0. The molecule has 16 heavy (non-hydrogen) atoms. The molecule has 1 unspecified atom stereocenters. The maximum Gasteiger partial charge on any atom is 0.234 e. The number of nitrogens with one attached hydrogen (secondary N) is 1. The molecule has 3 N–H and O–H groups in total. The standard InChI is InChI=1S/C12H17ClN2O/c1-8(2)11(12(14)16)15-7-9-3-5-10(13)6-4-9/h3-6,8,11,15H,7H2,1-2H3,(H2,14,16). The largest absolute Gasteiger partial charge is 0.368 e. The molecule has 1 rings (SSSR count). The van der Waals surface area contributed by atoms with Crippen molar-refractivity contribution in [3.05, 3.63) is 34.9 Å². The van der Waals surface area contributed by atoms with Gasteiger partial charge in [-0.15, -0.1) is 0 Å². The zero-order chi connectivity index (χ0) is 12.1. The summed E-state index contributed by atoms with van der Waals surface area (Å²) in [5, 5.41) is 3.84. The highest BCUT2D eigenvalue weighted by Gasteiger charge is 2.18. The maximum absolute atomic E-state index is 11.2. The second-order valence-corrected chi connectivity index (χ2v) is 4.57. The third kappa shape index (κ3) is 3.83. The minimum atomic E-state index is -0.316. The van der Waals surface area contributed by atoms with E-state index < -0.39 is 0 Å². The van der Waals surface area contributed by atoms with Crippen LogP contribution >= 0.6 is 11.6 Å². The van der Waals surface area contributed by atoms with E-state index in [-0.39, 0.29) is 17.9 Å². The molecule has 0 aliphatic rings. The Morgan fingerprint density at radius 2 is 1.94 bits per heavy atom. The number of carbonyl (C=O) groups is 1. The second-order valence-electron chi connectivity index (χ2n) is 4.13. The number of hydrogen-bond donors (Lipinski definition) is 2. The first-order valence-corrected chi connectivity index (χ1v) is 5.65. The van der Waals surface area contributed by atoms with Crippen LogP contribution in [0.25, 0.3) is 0 Å². The van der Waals surface area contributed by atoms with Crippen molar-refractivity contribution in [2.24, 2.45) is 11.7 Å². The van der Waals surface area contributed by atoms with Crippen molar-refractivity contribution in [2.45, 2.75) is 26.4 Å². The van der Waals surface area contributed by atoms with Crippen LogP contribution in [0.3, 0.4) is 0 Å². The molecule has 3 nitrogen and oxygen atoms in total. The summed E-state index contributed by atoms with van der Waals surface area (Å²) in [5.74, 6) is -0.131. The minimum Gasteiger partial charge on any atom is -0.368 e. The maximum atomic E-state index is 11.2. The molecule has 0 heterocycles. The molecule has 0 aromatic heterocycles. The van der Waals surface area contributed by atoms with Gasteiger partial charge in [0.15, 0.2) is 0 Å². The summed E-state index contributed by atoms with van der Waals surface area (Å²) >= 11 is 5.78. The van der Waals surface area contributed by atoms with Crippen molar-refractivity contribution in [3.8, 4) is 0 Å². The topological polar surface area (TPSA) is 55.1 Å². The molecular formula is C12H17ClN2O. The third-order valence-electron chi connectivity index (χ3n) is 2.41. The van der Waals surface area contributed by atoms with Crippen molar-refractivity contribution in [3.63, 3.8) is 0 Å². The quantitative estimate of drug-likeness (QED) is 0.827. The molecule has 0 bridgehead atoms. The fraction of sp³-hybridized carbons (Fsp3) is 0.417. The summed E-state index contributed by atoms with van der Waals surface area (Å²) in [7, 11) is 0. The highest BCUT2D eigenvalue weighted by Crippen LogP contribution is 2.10. The summed E-state index contributed by atoms with van der Waals surface area (Å²) in [5.41, 5.74) is 6.38. The molecule has 0 fully saturated rings. The van der Waals surface area contributed by atoms with Crippen molar-refractivity contribution < 1.29 is 4.79 Å². The summed E-state index contributed by atoms with van der Waals surface area (Å²) in [6, 6.07) is 7.21. The Hall–Kier alpha value is -1.06. The third-order valence-corrected chi connectivity index (χ3v) is 2.66. The summed E-state index contributed by atoms with van der Waals surface area (Å²) in [6.45, 7) is 4.54. The van der Waals surface area contributed by atoms with E-state index in [1.54, 1.807) is 0 Å². The molecule has 1 aromatic carbocycles. The zero-order valence-corrected chi connectivity index (χ0v) is 10.3. The van der Waals surface area contributed by atoms with E-state index in [1.807, 2.05) is 38.1 Å². The molecule has 88 valence electrons. The Labute approximate surface area is 101 Å². The van der Waals surface area contributed by atoms with E-state index in [0.29, 0.717) is 11.6 Å². The van der Waals surface area contributed by atoms with Crippen molar-refractivity contribution in [1.29, 1.82) is 0 Å². The molecular weight excluding hydrogens is 224 g/mol. The van der Waals surface area contributed by atoms with E-state index in [4.69, 9.17) is 17.3 Å². The Kier molecular flexibility index (Phi) is 4.77. The van der Waals surface area contributed by atoms with Gasteiger partial charge in [0.25, 0.3) is 0 Å². The van der Waals surface area contributed by atoms with Crippen LogP contribution in [0.5, 0.6) is 0 Å². The van der Waals surface area contributed by atoms with Crippen LogP contribution in [0.4, 0.5) is 0 Å².